The van der Waals surface area contributed by atoms with Crippen LogP contribution in [0.5, 0.6) is 0 Å². The van der Waals surface area contributed by atoms with Crippen molar-refractivity contribution in [3.8, 4) is 0 Å². The summed E-state index contributed by atoms with van der Waals surface area (Å²) in [4.78, 5) is 0. The van der Waals surface area contributed by atoms with Crippen LogP contribution in [0.4, 0.5) is 0 Å². The first-order chi connectivity index (χ1) is 4.30. The van der Waals surface area contributed by atoms with Gasteiger partial charge in [-0.3, -0.25) is 0 Å². The first-order valence-corrected chi connectivity index (χ1v) is 4.09. The van der Waals surface area contributed by atoms with Crippen LogP contribution in [0.3, 0.4) is 0 Å². The van der Waals surface area contributed by atoms with Crippen molar-refractivity contribution in [1.29, 1.82) is 0 Å². The second-order valence-electron chi connectivity index (χ2n) is 2.55. The maximum atomic E-state index is 5.56. The molecule has 1 saturated carbocycles. The summed E-state index contributed by atoms with van der Waals surface area (Å²) in [7, 11) is 0. The van der Waals surface area contributed by atoms with Gasteiger partial charge in [0.15, 0.2) is 0 Å². The molecule has 0 amide bonds. The SMILES string of the molecule is ClN(Cl)C1CCCCC1.[Ti]. The Morgan fingerprint density at radius 1 is 1.00 bits per heavy atom. The van der Waals surface area contributed by atoms with Crippen LogP contribution in [-0.4, -0.2) is 9.98 Å². The molecule has 0 radical (unpaired) electrons. The van der Waals surface area contributed by atoms with Gasteiger partial charge in [-0.1, -0.05) is 19.3 Å². The minimum Gasteiger partial charge on any atom is -0.129 e. The molecule has 0 unspecified atom stereocenters. The van der Waals surface area contributed by atoms with Gasteiger partial charge >= 0.3 is 0 Å². The van der Waals surface area contributed by atoms with Crippen LogP contribution in [0.25, 0.3) is 0 Å². The van der Waals surface area contributed by atoms with Crippen LogP contribution in [0, 0.1) is 0 Å². The summed E-state index contributed by atoms with van der Waals surface area (Å²) >= 11 is 11.1. The summed E-state index contributed by atoms with van der Waals surface area (Å²) < 4.78 is 1.30. The average molecular weight is 216 g/mol. The summed E-state index contributed by atoms with van der Waals surface area (Å²) in [6.07, 6.45) is 6.22. The Hall–Kier alpha value is 1.25. The second-order valence-corrected chi connectivity index (χ2v) is 3.45. The van der Waals surface area contributed by atoms with E-state index in [1.807, 2.05) is 0 Å². The molecule has 10 heavy (non-hydrogen) atoms. The summed E-state index contributed by atoms with van der Waals surface area (Å²) in [5.41, 5.74) is 0. The van der Waals surface area contributed by atoms with Gasteiger partial charge in [-0.2, -0.15) is 0 Å². The number of rotatable bonds is 1. The van der Waals surface area contributed by atoms with E-state index in [2.05, 4.69) is 0 Å². The third-order valence-electron chi connectivity index (χ3n) is 1.85. The zero-order chi connectivity index (χ0) is 6.69. The minimum absolute atomic E-state index is 0. The number of nitrogens with zero attached hydrogens (tertiary/aromatic N) is 1. The third kappa shape index (κ3) is 3.59. The maximum absolute atomic E-state index is 5.56. The molecular formula is C6H11Cl2NTi. The molecule has 0 aromatic heterocycles. The van der Waals surface area contributed by atoms with E-state index in [-0.39, 0.29) is 21.7 Å². The fourth-order valence-electron chi connectivity index (χ4n) is 1.28. The largest absolute Gasteiger partial charge is 0.129 e. The van der Waals surface area contributed by atoms with Crippen molar-refractivity contribution in [3.63, 3.8) is 0 Å². The van der Waals surface area contributed by atoms with Gasteiger partial charge in [0.25, 0.3) is 0 Å². The quantitative estimate of drug-likeness (QED) is 0.481. The van der Waals surface area contributed by atoms with Crippen molar-refractivity contribution in [1.82, 2.24) is 3.94 Å². The molecule has 0 aromatic rings. The molecular weight excluding hydrogens is 205 g/mol. The summed E-state index contributed by atoms with van der Waals surface area (Å²) in [6, 6.07) is 0.419. The smallest absolute Gasteiger partial charge is 0.0416 e. The van der Waals surface area contributed by atoms with Gasteiger partial charge in [0.05, 0.1) is 0 Å². The molecule has 4 heteroatoms. The molecule has 0 spiro atoms. The number of hydrogen-bond acceptors (Lipinski definition) is 1. The standard InChI is InChI=1S/C6H11Cl2N.Ti/c7-9(8)6-4-2-1-3-5-6;/h6H,1-5H2;. The van der Waals surface area contributed by atoms with Crippen molar-refractivity contribution >= 4 is 23.6 Å². The molecule has 1 nitrogen and oxygen atoms in total. The molecule has 1 aliphatic rings. The third-order valence-corrected chi connectivity index (χ3v) is 2.40. The monoisotopic (exact) mass is 215 g/mol. The first-order valence-electron chi connectivity index (χ1n) is 3.41. The summed E-state index contributed by atoms with van der Waals surface area (Å²) in [5.74, 6) is 0. The molecule has 0 N–H and O–H groups in total. The second kappa shape index (κ2) is 5.85. The van der Waals surface area contributed by atoms with Gasteiger partial charge in [-0.15, -0.1) is 3.94 Å². The predicted octanol–water partition coefficient (Wildman–Crippen LogP) is 2.93. The normalized spacial score (nSPS) is 20.7. The van der Waals surface area contributed by atoms with E-state index in [1.54, 1.807) is 0 Å². The summed E-state index contributed by atoms with van der Waals surface area (Å²) in [5, 5.41) is 0. The van der Waals surface area contributed by atoms with Crippen molar-refractivity contribution in [3.05, 3.63) is 0 Å². The van der Waals surface area contributed by atoms with E-state index < -0.39 is 0 Å². The Labute approximate surface area is 87.2 Å². The van der Waals surface area contributed by atoms with Crippen LogP contribution < -0.4 is 0 Å². The van der Waals surface area contributed by atoms with E-state index in [4.69, 9.17) is 23.6 Å². The maximum Gasteiger partial charge on any atom is 0.0416 e. The Morgan fingerprint density at radius 2 is 1.50 bits per heavy atom. The molecule has 0 aliphatic heterocycles. The van der Waals surface area contributed by atoms with Crippen LogP contribution >= 0.6 is 23.6 Å². The van der Waals surface area contributed by atoms with E-state index in [9.17, 15) is 0 Å². The topological polar surface area (TPSA) is 3.24 Å². The average Bonchev–Trinajstić information content (AvgIpc) is 1.90. The molecule has 1 aliphatic carbocycles. The molecule has 1 fully saturated rings. The van der Waals surface area contributed by atoms with Gasteiger partial charge in [0, 0.05) is 27.8 Å². The summed E-state index contributed by atoms with van der Waals surface area (Å²) in [6.45, 7) is 0. The fraction of sp³-hybridized carbons (Fsp3) is 1.00. The molecule has 0 aromatic carbocycles. The van der Waals surface area contributed by atoms with Crippen molar-refractivity contribution in [2.24, 2.45) is 0 Å². The molecule has 0 atom stereocenters. The van der Waals surface area contributed by atoms with Gasteiger partial charge in [0.1, 0.15) is 0 Å². The fourth-order valence-corrected chi connectivity index (χ4v) is 1.67. The predicted molar refractivity (Wildman–Crippen MR) is 40.4 cm³/mol. The molecule has 0 heterocycles. The van der Waals surface area contributed by atoms with Gasteiger partial charge in [0.2, 0.25) is 0 Å². The zero-order valence-electron chi connectivity index (χ0n) is 5.82. The minimum atomic E-state index is 0. The van der Waals surface area contributed by atoms with E-state index in [0.29, 0.717) is 6.04 Å². The van der Waals surface area contributed by atoms with Gasteiger partial charge in [-0.25, -0.2) is 0 Å². The van der Waals surface area contributed by atoms with Crippen LogP contribution in [0.2, 0.25) is 0 Å². The molecule has 0 saturated heterocycles. The zero-order valence-corrected chi connectivity index (χ0v) is 8.89. The molecule has 0 bridgehead atoms. The van der Waals surface area contributed by atoms with E-state index >= 15 is 0 Å². The Bertz CT molecular complexity index is 83.8. The van der Waals surface area contributed by atoms with E-state index in [0.717, 1.165) is 12.8 Å². The van der Waals surface area contributed by atoms with Crippen LogP contribution in [0.15, 0.2) is 0 Å². The van der Waals surface area contributed by atoms with Crippen LogP contribution in [-0.2, 0) is 21.7 Å². The Morgan fingerprint density at radius 3 is 1.80 bits per heavy atom. The van der Waals surface area contributed by atoms with Gasteiger partial charge < -0.3 is 0 Å². The van der Waals surface area contributed by atoms with Crippen molar-refractivity contribution in [2.45, 2.75) is 38.1 Å². The van der Waals surface area contributed by atoms with Crippen molar-refractivity contribution < 1.29 is 21.7 Å². The Kier molecular flexibility index (Phi) is 6.58. The number of halogens is 2. The molecule has 1 rings (SSSR count). The number of hydrogen-bond donors (Lipinski definition) is 0. The van der Waals surface area contributed by atoms with E-state index in [1.165, 1.54) is 23.2 Å². The Balaban J connectivity index is 0.000000810. The molecule has 58 valence electrons. The van der Waals surface area contributed by atoms with Crippen LogP contribution in [0.1, 0.15) is 32.1 Å². The first kappa shape index (κ1) is 11.3. The van der Waals surface area contributed by atoms with Gasteiger partial charge in [-0.05, 0) is 36.4 Å². The van der Waals surface area contributed by atoms with Crippen molar-refractivity contribution in [2.75, 3.05) is 0 Å².